The lowest BCUT2D eigenvalue weighted by Gasteiger charge is -1.97. The molecule has 1 nitrogen and oxygen atoms in total. The summed E-state index contributed by atoms with van der Waals surface area (Å²) in [5.41, 5.74) is 2.38. The Bertz CT molecular complexity index is 300. The quantitative estimate of drug-likeness (QED) is 0.471. The normalized spacial score (nSPS) is 9.42. The van der Waals surface area contributed by atoms with E-state index in [2.05, 4.69) is 43.0 Å². The van der Waals surface area contributed by atoms with Crippen LogP contribution in [0.4, 0.5) is 0 Å². The van der Waals surface area contributed by atoms with Gasteiger partial charge in [0.05, 0.1) is 0 Å². The monoisotopic (exact) mass is 160 g/mol. The van der Waals surface area contributed by atoms with Gasteiger partial charge in [-0.2, -0.15) is 4.57 Å². The molecule has 0 saturated carbocycles. The van der Waals surface area contributed by atoms with Gasteiger partial charge >= 0.3 is 0 Å². The third-order valence-electron chi connectivity index (χ3n) is 1.84. The average Bonchev–Trinajstić information content (AvgIpc) is 2.09. The Labute approximate surface area is 73.7 Å². The van der Waals surface area contributed by atoms with Gasteiger partial charge in [-0.15, -0.1) is 0 Å². The number of hydrogen-bond donors (Lipinski definition) is 0. The molecule has 1 heterocycles. The van der Waals surface area contributed by atoms with E-state index in [4.69, 9.17) is 0 Å². The Morgan fingerprint density at radius 3 is 2.75 bits per heavy atom. The van der Waals surface area contributed by atoms with E-state index in [0.29, 0.717) is 0 Å². The Kier molecular flexibility index (Phi) is 2.81. The molecule has 12 heavy (non-hydrogen) atoms. The van der Waals surface area contributed by atoms with Gasteiger partial charge in [-0.05, 0) is 12.1 Å². The highest BCUT2D eigenvalue weighted by Gasteiger charge is 2.02. The first-order chi connectivity index (χ1) is 5.77. The van der Waals surface area contributed by atoms with Gasteiger partial charge in [-0.1, -0.05) is 19.2 Å². The molecule has 0 amide bonds. The molecule has 0 aromatic carbocycles. The summed E-state index contributed by atoms with van der Waals surface area (Å²) in [6, 6.07) is 4.14. The first kappa shape index (κ1) is 8.72. The van der Waals surface area contributed by atoms with Crippen molar-refractivity contribution >= 4 is 6.08 Å². The molecule has 0 bridgehead atoms. The van der Waals surface area contributed by atoms with Gasteiger partial charge in [0.15, 0.2) is 18.4 Å². The number of aromatic nitrogens is 1. The number of allylic oxidation sites excluding steroid dienone is 1. The van der Waals surface area contributed by atoms with E-state index in [0.717, 1.165) is 12.1 Å². The molecule has 1 rings (SSSR count). The van der Waals surface area contributed by atoms with Crippen molar-refractivity contribution in [2.45, 2.75) is 13.5 Å². The molecule has 0 aliphatic rings. The molecule has 0 atom stereocenters. The summed E-state index contributed by atoms with van der Waals surface area (Å²) in [5.74, 6) is 0. The van der Waals surface area contributed by atoms with Gasteiger partial charge in [-0.25, -0.2) is 0 Å². The van der Waals surface area contributed by atoms with Gasteiger partial charge < -0.3 is 0 Å². The van der Waals surface area contributed by atoms with Crippen LogP contribution in [0.2, 0.25) is 0 Å². The number of hydrogen-bond acceptors (Lipinski definition) is 0. The molecule has 62 valence electrons. The second-order valence-corrected chi connectivity index (χ2v) is 2.75. The van der Waals surface area contributed by atoms with Crippen LogP contribution >= 0.6 is 0 Å². The Morgan fingerprint density at radius 2 is 2.17 bits per heavy atom. The summed E-state index contributed by atoms with van der Waals surface area (Å²) in [6.45, 7) is 10.4. The highest BCUT2D eigenvalue weighted by atomic mass is 14.9. The molecule has 1 aromatic heterocycles. The average molecular weight is 160 g/mol. The van der Waals surface area contributed by atoms with E-state index in [1.54, 1.807) is 0 Å². The topological polar surface area (TPSA) is 3.88 Å². The first-order valence-corrected chi connectivity index (χ1v) is 4.01. The fraction of sp³-hybridized carbons (Fsp3) is 0.182. The van der Waals surface area contributed by atoms with Gasteiger partial charge in [-0.3, -0.25) is 0 Å². The Balaban J connectivity index is 3.06. The number of pyridine rings is 1. The molecular weight excluding hydrogens is 146 g/mol. The van der Waals surface area contributed by atoms with E-state index in [1.165, 1.54) is 5.69 Å². The van der Waals surface area contributed by atoms with Crippen LogP contribution in [-0.4, -0.2) is 0 Å². The molecule has 0 fully saturated rings. The summed E-state index contributed by atoms with van der Waals surface area (Å²) >= 11 is 0. The lowest BCUT2D eigenvalue weighted by molar-refractivity contribution is -0.693. The third kappa shape index (κ3) is 1.82. The Hall–Kier alpha value is -1.37. The van der Waals surface area contributed by atoms with Gasteiger partial charge in [0, 0.05) is 18.6 Å². The van der Waals surface area contributed by atoms with Crippen LogP contribution in [0.25, 0.3) is 6.08 Å². The molecule has 0 spiro atoms. The van der Waals surface area contributed by atoms with E-state index in [9.17, 15) is 0 Å². The van der Waals surface area contributed by atoms with Crippen LogP contribution in [-0.2, 0) is 6.54 Å². The molecular formula is C11H14N+. The summed E-state index contributed by atoms with van der Waals surface area (Å²) < 4.78 is 2.14. The van der Waals surface area contributed by atoms with Crippen LogP contribution in [0, 0.1) is 6.92 Å². The molecule has 1 heteroatoms. The van der Waals surface area contributed by atoms with E-state index < -0.39 is 0 Å². The molecule has 0 saturated heterocycles. The zero-order valence-corrected chi connectivity index (χ0v) is 7.46. The minimum absolute atomic E-state index is 0.855. The zero-order valence-electron chi connectivity index (χ0n) is 7.46. The van der Waals surface area contributed by atoms with Crippen LogP contribution in [0.1, 0.15) is 11.3 Å². The predicted molar refractivity (Wildman–Crippen MR) is 51.7 cm³/mol. The fourth-order valence-electron chi connectivity index (χ4n) is 1.09. The first-order valence-electron chi connectivity index (χ1n) is 4.01. The van der Waals surface area contributed by atoms with Crippen molar-refractivity contribution < 1.29 is 4.57 Å². The minimum atomic E-state index is 0.855. The van der Waals surface area contributed by atoms with Crippen molar-refractivity contribution in [3.05, 3.63) is 48.8 Å². The van der Waals surface area contributed by atoms with Gasteiger partial charge in [0.25, 0.3) is 0 Å². The fourth-order valence-corrected chi connectivity index (χ4v) is 1.09. The predicted octanol–water partition coefficient (Wildman–Crippen LogP) is 2.11. The van der Waals surface area contributed by atoms with Gasteiger partial charge in [0.1, 0.15) is 0 Å². The molecule has 0 aliphatic heterocycles. The van der Waals surface area contributed by atoms with Crippen LogP contribution in [0.3, 0.4) is 0 Å². The maximum Gasteiger partial charge on any atom is 0.178 e. The second-order valence-electron chi connectivity index (χ2n) is 2.75. The van der Waals surface area contributed by atoms with Crippen molar-refractivity contribution in [1.29, 1.82) is 0 Å². The van der Waals surface area contributed by atoms with Crippen molar-refractivity contribution in [2.75, 3.05) is 0 Å². The van der Waals surface area contributed by atoms with Gasteiger partial charge in [0.2, 0.25) is 0 Å². The number of rotatable bonds is 3. The highest BCUT2D eigenvalue weighted by molar-refractivity contribution is 5.43. The van der Waals surface area contributed by atoms with Crippen LogP contribution in [0.5, 0.6) is 0 Å². The van der Waals surface area contributed by atoms with Crippen LogP contribution in [0.15, 0.2) is 37.6 Å². The van der Waals surface area contributed by atoms with Crippen molar-refractivity contribution in [3.63, 3.8) is 0 Å². The lowest BCUT2D eigenvalue weighted by atomic mass is 10.2. The highest BCUT2D eigenvalue weighted by Crippen LogP contribution is 1.98. The zero-order chi connectivity index (χ0) is 8.97. The van der Waals surface area contributed by atoms with Crippen molar-refractivity contribution in [2.24, 2.45) is 0 Å². The lowest BCUT2D eigenvalue weighted by Crippen LogP contribution is -2.35. The maximum absolute atomic E-state index is 3.72. The third-order valence-corrected chi connectivity index (χ3v) is 1.84. The van der Waals surface area contributed by atoms with E-state index in [-0.39, 0.29) is 0 Å². The molecule has 0 unspecified atom stereocenters. The summed E-state index contributed by atoms with van der Waals surface area (Å²) in [6.07, 6.45) is 5.81. The minimum Gasteiger partial charge on any atom is -0.198 e. The molecule has 1 aromatic rings. The Morgan fingerprint density at radius 1 is 1.42 bits per heavy atom. The van der Waals surface area contributed by atoms with Crippen molar-refractivity contribution in [1.82, 2.24) is 0 Å². The summed E-state index contributed by atoms with van der Waals surface area (Å²) in [5, 5.41) is 0. The molecule has 0 aliphatic carbocycles. The van der Waals surface area contributed by atoms with Crippen molar-refractivity contribution in [3.8, 4) is 0 Å². The molecule has 0 radical (unpaired) electrons. The smallest absolute Gasteiger partial charge is 0.178 e. The largest absolute Gasteiger partial charge is 0.198 e. The second kappa shape index (κ2) is 3.86. The SMILES string of the molecule is C=CC[n+]1cc(C=C)ccc1C. The maximum atomic E-state index is 3.72. The van der Waals surface area contributed by atoms with E-state index >= 15 is 0 Å². The number of aryl methyl sites for hydroxylation is 1. The molecule has 0 N–H and O–H groups in total. The van der Waals surface area contributed by atoms with Crippen LogP contribution < -0.4 is 4.57 Å². The summed E-state index contributed by atoms with van der Waals surface area (Å²) in [4.78, 5) is 0. The summed E-state index contributed by atoms with van der Waals surface area (Å²) in [7, 11) is 0. The number of nitrogens with zero attached hydrogens (tertiary/aromatic N) is 1. The van der Waals surface area contributed by atoms with E-state index in [1.807, 2.05) is 12.2 Å². The standard InChI is InChI=1S/C11H14N/c1-4-8-12-9-11(5-2)7-6-10(12)3/h4-7,9H,1-2,8H2,3H3/q+1.